The van der Waals surface area contributed by atoms with Crippen LogP contribution in [0.15, 0.2) is 77.7 Å². The molecule has 182 valence electrons. The standard InChI is InChI=1S/C27H29N3O4S/c1-19-8-13-25(20(2)16-19)30-18-22(17-26(30)31)27(32)29-23-9-11-24(12-10-23)35(33,34)28-15-14-21-6-4-3-5-7-21/h3-13,16,22,28H,14-15,17-18H2,1-2H3,(H,29,32). The van der Waals surface area contributed by atoms with Gasteiger partial charge in [0.25, 0.3) is 0 Å². The largest absolute Gasteiger partial charge is 0.326 e. The number of carbonyl (C=O) groups is 2. The Balaban J connectivity index is 1.34. The second kappa shape index (κ2) is 10.4. The number of hydrogen-bond donors (Lipinski definition) is 2. The van der Waals surface area contributed by atoms with Crippen molar-refractivity contribution in [2.45, 2.75) is 31.6 Å². The van der Waals surface area contributed by atoms with E-state index in [1.807, 2.05) is 62.4 Å². The van der Waals surface area contributed by atoms with Crippen LogP contribution in [0.1, 0.15) is 23.1 Å². The average molecular weight is 492 g/mol. The van der Waals surface area contributed by atoms with Gasteiger partial charge in [0.1, 0.15) is 0 Å². The first kappa shape index (κ1) is 24.6. The molecule has 1 aliphatic rings. The van der Waals surface area contributed by atoms with Crippen molar-refractivity contribution in [3.05, 3.63) is 89.5 Å². The van der Waals surface area contributed by atoms with E-state index in [9.17, 15) is 18.0 Å². The molecule has 8 heteroatoms. The van der Waals surface area contributed by atoms with Crippen LogP contribution in [0.5, 0.6) is 0 Å². The van der Waals surface area contributed by atoms with E-state index in [4.69, 9.17) is 0 Å². The zero-order valence-corrected chi connectivity index (χ0v) is 20.6. The smallest absolute Gasteiger partial charge is 0.240 e. The van der Waals surface area contributed by atoms with E-state index in [-0.39, 0.29) is 29.7 Å². The van der Waals surface area contributed by atoms with E-state index in [1.54, 1.807) is 17.0 Å². The molecular formula is C27H29N3O4S. The topological polar surface area (TPSA) is 95.6 Å². The molecule has 2 amide bonds. The minimum Gasteiger partial charge on any atom is -0.326 e. The van der Waals surface area contributed by atoms with Crippen LogP contribution in [-0.4, -0.2) is 33.3 Å². The number of hydrogen-bond acceptors (Lipinski definition) is 4. The fourth-order valence-electron chi connectivity index (χ4n) is 4.24. The summed E-state index contributed by atoms with van der Waals surface area (Å²) in [5, 5.41) is 2.81. The predicted molar refractivity (Wildman–Crippen MR) is 137 cm³/mol. The summed E-state index contributed by atoms with van der Waals surface area (Å²) in [5.41, 5.74) is 4.47. The minimum absolute atomic E-state index is 0.0832. The number of aryl methyl sites for hydroxylation is 2. The number of rotatable bonds is 8. The molecule has 0 radical (unpaired) electrons. The summed E-state index contributed by atoms with van der Waals surface area (Å²) < 4.78 is 27.8. The molecule has 1 saturated heterocycles. The highest BCUT2D eigenvalue weighted by Crippen LogP contribution is 2.29. The highest BCUT2D eigenvalue weighted by molar-refractivity contribution is 7.89. The van der Waals surface area contributed by atoms with Crippen LogP contribution < -0.4 is 14.9 Å². The fraction of sp³-hybridized carbons (Fsp3) is 0.259. The number of carbonyl (C=O) groups excluding carboxylic acids is 2. The van der Waals surface area contributed by atoms with E-state index < -0.39 is 15.9 Å². The molecule has 2 N–H and O–H groups in total. The second-order valence-corrected chi connectivity index (χ2v) is 10.6. The molecule has 3 aromatic rings. The summed E-state index contributed by atoms with van der Waals surface area (Å²) in [6, 6.07) is 21.6. The van der Waals surface area contributed by atoms with Gasteiger partial charge >= 0.3 is 0 Å². The normalized spacial score (nSPS) is 15.9. The SMILES string of the molecule is Cc1ccc(N2CC(C(=O)Nc3ccc(S(=O)(=O)NCCc4ccccc4)cc3)CC2=O)c(C)c1. The first-order chi connectivity index (χ1) is 16.7. The number of nitrogens with zero attached hydrogens (tertiary/aromatic N) is 1. The summed E-state index contributed by atoms with van der Waals surface area (Å²) in [4.78, 5) is 27.2. The maximum absolute atomic E-state index is 12.8. The van der Waals surface area contributed by atoms with Crippen molar-refractivity contribution < 1.29 is 18.0 Å². The summed E-state index contributed by atoms with van der Waals surface area (Å²) in [7, 11) is -3.66. The van der Waals surface area contributed by atoms with E-state index in [2.05, 4.69) is 10.0 Å². The van der Waals surface area contributed by atoms with E-state index >= 15 is 0 Å². The molecule has 1 atom stereocenters. The lowest BCUT2D eigenvalue weighted by Crippen LogP contribution is -2.28. The Hall–Kier alpha value is -3.49. The molecule has 0 aromatic heterocycles. The van der Waals surface area contributed by atoms with Gasteiger partial charge < -0.3 is 10.2 Å². The van der Waals surface area contributed by atoms with Crippen LogP contribution in [0.4, 0.5) is 11.4 Å². The Morgan fingerprint density at radius 3 is 2.40 bits per heavy atom. The molecule has 1 aliphatic heterocycles. The van der Waals surface area contributed by atoms with E-state index in [0.29, 0.717) is 18.7 Å². The van der Waals surface area contributed by atoms with Gasteiger partial charge in [-0.25, -0.2) is 13.1 Å². The van der Waals surface area contributed by atoms with Crippen molar-refractivity contribution in [3.63, 3.8) is 0 Å². The first-order valence-corrected chi connectivity index (χ1v) is 13.0. The van der Waals surface area contributed by atoms with Gasteiger partial charge in [-0.05, 0) is 61.7 Å². The van der Waals surface area contributed by atoms with Crippen molar-refractivity contribution >= 4 is 33.2 Å². The lowest BCUT2D eigenvalue weighted by molar-refractivity contribution is -0.122. The molecule has 4 rings (SSSR count). The Morgan fingerprint density at radius 1 is 1.00 bits per heavy atom. The lowest BCUT2D eigenvalue weighted by atomic mass is 10.1. The Bertz CT molecular complexity index is 1320. The maximum atomic E-state index is 12.8. The zero-order valence-electron chi connectivity index (χ0n) is 19.8. The molecule has 0 aliphatic carbocycles. The third kappa shape index (κ3) is 5.96. The zero-order chi connectivity index (χ0) is 25.0. The number of anilines is 2. The van der Waals surface area contributed by atoms with Gasteiger partial charge in [-0.3, -0.25) is 9.59 Å². The monoisotopic (exact) mass is 491 g/mol. The van der Waals surface area contributed by atoms with Crippen molar-refractivity contribution in [1.82, 2.24) is 4.72 Å². The number of amides is 2. The van der Waals surface area contributed by atoms with Gasteiger partial charge in [-0.15, -0.1) is 0 Å². The Morgan fingerprint density at radius 2 is 1.71 bits per heavy atom. The van der Waals surface area contributed by atoms with Crippen molar-refractivity contribution in [2.24, 2.45) is 5.92 Å². The fourth-order valence-corrected chi connectivity index (χ4v) is 5.28. The van der Waals surface area contributed by atoms with E-state index in [1.165, 1.54) is 12.1 Å². The molecular weight excluding hydrogens is 462 g/mol. The van der Waals surface area contributed by atoms with Crippen LogP contribution in [0.2, 0.25) is 0 Å². The Labute approximate surface area is 206 Å². The maximum Gasteiger partial charge on any atom is 0.240 e. The molecule has 1 heterocycles. The third-order valence-electron chi connectivity index (χ3n) is 6.12. The number of nitrogens with one attached hydrogen (secondary N) is 2. The summed E-state index contributed by atoms with van der Waals surface area (Å²) in [6.45, 7) is 4.55. The van der Waals surface area contributed by atoms with Crippen molar-refractivity contribution in [3.8, 4) is 0 Å². The highest BCUT2D eigenvalue weighted by atomic mass is 32.2. The van der Waals surface area contributed by atoms with Gasteiger partial charge in [0.05, 0.1) is 10.8 Å². The second-order valence-electron chi connectivity index (χ2n) is 8.84. The van der Waals surface area contributed by atoms with Crippen LogP contribution in [0.3, 0.4) is 0 Å². The summed E-state index contributed by atoms with van der Waals surface area (Å²) in [6.07, 6.45) is 0.727. The Kier molecular flexibility index (Phi) is 7.33. The molecule has 1 fully saturated rings. The predicted octanol–water partition coefficient (Wildman–Crippen LogP) is 3.82. The van der Waals surface area contributed by atoms with Gasteiger partial charge in [0.15, 0.2) is 0 Å². The van der Waals surface area contributed by atoms with Gasteiger partial charge in [-0.2, -0.15) is 0 Å². The van der Waals surface area contributed by atoms with Gasteiger partial charge in [0.2, 0.25) is 21.8 Å². The highest BCUT2D eigenvalue weighted by Gasteiger charge is 2.35. The van der Waals surface area contributed by atoms with Crippen LogP contribution in [0, 0.1) is 19.8 Å². The number of sulfonamides is 1. The third-order valence-corrected chi connectivity index (χ3v) is 7.60. The van der Waals surface area contributed by atoms with Crippen LogP contribution in [0.25, 0.3) is 0 Å². The molecule has 0 spiro atoms. The summed E-state index contributed by atoms with van der Waals surface area (Å²) >= 11 is 0. The van der Waals surface area contributed by atoms with Gasteiger partial charge in [-0.1, -0.05) is 48.0 Å². The van der Waals surface area contributed by atoms with Crippen LogP contribution >= 0.6 is 0 Å². The molecule has 1 unspecified atom stereocenters. The lowest BCUT2D eigenvalue weighted by Gasteiger charge is -2.19. The van der Waals surface area contributed by atoms with E-state index in [0.717, 1.165) is 22.4 Å². The average Bonchev–Trinajstić information content (AvgIpc) is 3.21. The molecule has 7 nitrogen and oxygen atoms in total. The number of benzene rings is 3. The summed E-state index contributed by atoms with van der Waals surface area (Å²) in [5.74, 6) is -0.825. The van der Waals surface area contributed by atoms with Gasteiger partial charge in [0, 0.05) is 30.9 Å². The first-order valence-electron chi connectivity index (χ1n) is 11.5. The molecule has 0 bridgehead atoms. The van der Waals surface area contributed by atoms with Crippen molar-refractivity contribution in [1.29, 1.82) is 0 Å². The molecule has 35 heavy (non-hydrogen) atoms. The van der Waals surface area contributed by atoms with Crippen LogP contribution in [-0.2, 0) is 26.0 Å². The molecule has 3 aromatic carbocycles. The molecule has 0 saturated carbocycles. The quantitative estimate of drug-likeness (QED) is 0.501. The minimum atomic E-state index is -3.66. The van der Waals surface area contributed by atoms with Crippen molar-refractivity contribution in [2.75, 3.05) is 23.3 Å².